The third kappa shape index (κ3) is 2.76. The molecule has 0 bridgehead atoms. The zero-order valence-corrected chi connectivity index (χ0v) is 11.4. The summed E-state index contributed by atoms with van der Waals surface area (Å²) in [5, 5.41) is 18.6. The number of nitrogens with zero attached hydrogens (tertiary/aromatic N) is 1. The summed E-state index contributed by atoms with van der Waals surface area (Å²) in [6.07, 6.45) is 3.94. The maximum absolute atomic E-state index is 12.5. The Bertz CT molecular complexity index is 357. The minimum absolute atomic E-state index is 0.0204. The second-order valence-corrected chi connectivity index (χ2v) is 5.81. The summed E-state index contributed by atoms with van der Waals surface area (Å²) in [4.78, 5) is 25.6. The number of carbonyl (C=O) groups excluding carboxylic acids is 1. The third-order valence-electron chi connectivity index (χ3n) is 4.74. The number of amides is 1. The Morgan fingerprint density at radius 1 is 1.26 bits per heavy atom. The van der Waals surface area contributed by atoms with Crippen LogP contribution in [0.3, 0.4) is 0 Å². The Morgan fingerprint density at radius 2 is 1.95 bits per heavy atom. The van der Waals surface area contributed by atoms with E-state index in [1.165, 1.54) is 0 Å². The van der Waals surface area contributed by atoms with E-state index in [1.807, 2.05) is 6.92 Å². The fourth-order valence-corrected chi connectivity index (χ4v) is 3.55. The molecule has 1 saturated carbocycles. The van der Waals surface area contributed by atoms with Gasteiger partial charge >= 0.3 is 5.97 Å². The van der Waals surface area contributed by atoms with Crippen LogP contribution in [-0.2, 0) is 9.59 Å². The van der Waals surface area contributed by atoms with Crippen molar-refractivity contribution in [2.24, 2.45) is 17.8 Å². The molecule has 2 rings (SSSR count). The fraction of sp³-hybridized carbons (Fsp3) is 0.857. The van der Waals surface area contributed by atoms with Gasteiger partial charge in [-0.1, -0.05) is 13.3 Å². The molecule has 2 fully saturated rings. The summed E-state index contributed by atoms with van der Waals surface area (Å²) in [5.74, 6) is -1.51. The number of aliphatic hydroxyl groups excluding tert-OH is 1. The molecule has 0 spiro atoms. The van der Waals surface area contributed by atoms with Crippen molar-refractivity contribution in [1.29, 1.82) is 0 Å². The fourth-order valence-electron chi connectivity index (χ4n) is 3.55. The van der Waals surface area contributed by atoms with Gasteiger partial charge in [0.05, 0.1) is 24.5 Å². The molecule has 0 aromatic carbocycles. The monoisotopic (exact) mass is 269 g/mol. The van der Waals surface area contributed by atoms with Gasteiger partial charge in [0.15, 0.2) is 0 Å². The van der Waals surface area contributed by atoms with Crippen molar-refractivity contribution in [1.82, 2.24) is 4.90 Å². The highest BCUT2D eigenvalue weighted by Gasteiger charge is 2.45. The van der Waals surface area contributed by atoms with Crippen LogP contribution in [0.4, 0.5) is 0 Å². The van der Waals surface area contributed by atoms with Gasteiger partial charge in [-0.3, -0.25) is 9.59 Å². The number of carboxylic acids is 1. The number of rotatable bonds is 4. The molecule has 5 heteroatoms. The van der Waals surface area contributed by atoms with E-state index in [0.717, 1.165) is 19.3 Å². The van der Waals surface area contributed by atoms with Crippen molar-refractivity contribution in [3.63, 3.8) is 0 Å². The molecule has 1 saturated heterocycles. The maximum Gasteiger partial charge on any atom is 0.307 e. The Kier molecular flexibility index (Phi) is 4.45. The normalized spacial score (nSPS) is 34.7. The number of likely N-dealkylation sites (tertiary alicyclic amines) is 1. The summed E-state index contributed by atoms with van der Waals surface area (Å²) < 4.78 is 0. The molecule has 1 aliphatic carbocycles. The lowest BCUT2D eigenvalue weighted by Crippen LogP contribution is -2.43. The molecule has 0 radical (unpaired) electrons. The summed E-state index contributed by atoms with van der Waals surface area (Å²) in [5.41, 5.74) is 0. The molecule has 2 aliphatic rings. The summed E-state index contributed by atoms with van der Waals surface area (Å²) >= 11 is 0. The van der Waals surface area contributed by atoms with E-state index in [4.69, 9.17) is 0 Å². The smallest absolute Gasteiger partial charge is 0.307 e. The van der Waals surface area contributed by atoms with Gasteiger partial charge in [0.25, 0.3) is 0 Å². The lowest BCUT2D eigenvalue weighted by atomic mass is 9.94. The first-order chi connectivity index (χ1) is 9.08. The highest BCUT2D eigenvalue weighted by molar-refractivity contribution is 5.85. The molecule has 0 aromatic rings. The van der Waals surface area contributed by atoms with Crippen molar-refractivity contribution in [2.75, 3.05) is 13.2 Å². The lowest BCUT2D eigenvalue weighted by Gasteiger charge is -2.27. The Hall–Kier alpha value is -1.10. The van der Waals surface area contributed by atoms with Crippen LogP contribution in [0.25, 0.3) is 0 Å². The van der Waals surface area contributed by atoms with Crippen LogP contribution in [0.15, 0.2) is 0 Å². The first-order valence-electron chi connectivity index (χ1n) is 7.22. The van der Waals surface area contributed by atoms with Gasteiger partial charge < -0.3 is 15.1 Å². The van der Waals surface area contributed by atoms with E-state index < -0.39 is 17.8 Å². The topological polar surface area (TPSA) is 77.8 Å². The summed E-state index contributed by atoms with van der Waals surface area (Å²) in [7, 11) is 0. The Labute approximate surface area is 113 Å². The van der Waals surface area contributed by atoms with Gasteiger partial charge in [0, 0.05) is 6.54 Å². The van der Waals surface area contributed by atoms with Gasteiger partial charge in [0.1, 0.15) is 0 Å². The van der Waals surface area contributed by atoms with Crippen molar-refractivity contribution in [2.45, 2.75) is 45.1 Å². The highest BCUT2D eigenvalue weighted by atomic mass is 16.4. The predicted octanol–water partition coefficient (Wildman–Crippen LogP) is 1.11. The quantitative estimate of drug-likeness (QED) is 0.801. The first-order valence-corrected chi connectivity index (χ1v) is 7.22. The van der Waals surface area contributed by atoms with E-state index in [9.17, 15) is 19.8 Å². The summed E-state index contributed by atoms with van der Waals surface area (Å²) in [6, 6.07) is -0.109. The van der Waals surface area contributed by atoms with Gasteiger partial charge in [-0.05, 0) is 31.6 Å². The summed E-state index contributed by atoms with van der Waals surface area (Å²) in [6.45, 7) is 2.68. The van der Waals surface area contributed by atoms with Crippen molar-refractivity contribution in [3.8, 4) is 0 Å². The highest BCUT2D eigenvalue weighted by Crippen LogP contribution is 2.40. The molecule has 1 heterocycles. The molecule has 2 N–H and O–H groups in total. The average molecular weight is 269 g/mol. The maximum atomic E-state index is 12.5. The van der Waals surface area contributed by atoms with Crippen LogP contribution < -0.4 is 0 Å². The molecular weight excluding hydrogens is 246 g/mol. The van der Waals surface area contributed by atoms with Crippen LogP contribution >= 0.6 is 0 Å². The molecule has 1 aliphatic heterocycles. The molecule has 5 nitrogen and oxygen atoms in total. The third-order valence-corrected chi connectivity index (χ3v) is 4.74. The van der Waals surface area contributed by atoms with E-state index in [1.54, 1.807) is 4.90 Å². The zero-order chi connectivity index (χ0) is 14.0. The molecule has 0 aromatic heterocycles. The Balaban J connectivity index is 2.10. The number of hydrogen-bond acceptors (Lipinski definition) is 3. The van der Waals surface area contributed by atoms with Crippen LogP contribution in [0.2, 0.25) is 0 Å². The number of carboxylic acid groups (broad SMARTS) is 1. The van der Waals surface area contributed by atoms with E-state index in [2.05, 4.69) is 0 Å². The van der Waals surface area contributed by atoms with Gasteiger partial charge in [-0.2, -0.15) is 0 Å². The second kappa shape index (κ2) is 5.90. The average Bonchev–Trinajstić information content (AvgIpc) is 3.03. The Morgan fingerprint density at radius 3 is 2.53 bits per heavy atom. The molecule has 108 valence electrons. The number of hydrogen-bond donors (Lipinski definition) is 2. The van der Waals surface area contributed by atoms with Crippen LogP contribution in [0.1, 0.15) is 39.0 Å². The molecule has 19 heavy (non-hydrogen) atoms. The van der Waals surface area contributed by atoms with Gasteiger partial charge in [-0.15, -0.1) is 0 Å². The number of carbonyl (C=O) groups is 2. The lowest BCUT2D eigenvalue weighted by molar-refractivity contribution is -0.149. The molecule has 1 amide bonds. The first kappa shape index (κ1) is 14.3. The second-order valence-electron chi connectivity index (χ2n) is 5.81. The minimum atomic E-state index is -0.853. The molecule has 4 atom stereocenters. The van der Waals surface area contributed by atoms with Crippen molar-refractivity contribution in [3.05, 3.63) is 0 Å². The number of aliphatic hydroxyl groups is 1. The van der Waals surface area contributed by atoms with Gasteiger partial charge in [0.2, 0.25) is 5.91 Å². The molecule has 1 unspecified atom stereocenters. The number of aliphatic carboxylic acids is 1. The SMILES string of the molecule is CCC1C[C@H](C(=O)N2CCC[C@H]2CO)[C@H](C(=O)O)C1. The van der Waals surface area contributed by atoms with Crippen molar-refractivity contribution < 1.29 is 19.8 Å². The van der Waals surface area contributed by atoms with Crippen LogP contribution in [-0.4, -0.2) is 46.2 Å². The van der Waals surface area contributed by atoms with E-state index in [0.29, 0.717) is 25.3 Å². The standard InChI is InChI=1S/C14H23NO4/c1-2-9-6-11(12(7-9)14(18)19)13(17)15-5-3-4-10(15)8-16/h9-12,16H,2-8H2,1H3,(H,18,19)/t9?,10-,11-,12+/m0/s1. The minimum Gasteiger partial charge on any atom is -0.481 e. The van der Waals surface area contributed by atoms with E-state index in [-0.39, 0.29) is 18.6 Å². The zero-order valence-electron chi connectivity index (χ0n) is 11.4. The predicted molar refractivity (Wildman–Crippen MR) is 69.5 cm³/mol. The van der Waals surface area contributed by atoms with Gasteiger partial charge in [-0.25, -0.2) is 0 Å². The van der Waals surface area contributed by atoms with E-state index >= 15 is 0 Å². The van der Waals surface area contributed by atoms with Crippen molar-refractivity contribution >= 4 is 11.9 Å². The molecular formula is C14H23NO4. The van der Waals surface area contributed by atoms with Crippen LogP contribution in [0.5, 0.6) is 0 Å². The van der Waals surface area contributed by atoms with Crippen LogP contribution in [0, 0.1) is 17.8 Å². The largest absolute Gasteiger partial charge is 0.481 e.